The van der Waals surface area contributed by atoms with Crippen LogP contribution in [0.15, 0.2) is 0 Å². The molecule has 0 spiro atoms. The molecule has 8 nitrogen and oxygen atoms in total. The molecule has 0 aromatic rings. The summed E-state index contributed by atoms with van der Waals surface area (Å²) in [5, 5.41) is 0. The summed E-state index contributed by atoms with van der Waals surface area (Å²) in [5.41, 5.74) is 0. The van der Waals surface area contributed by atoms with Crippen molar-refractivity contribution in [3.8, 4) is 0 Å². The molecule has 0 aliphatic rings. The van der Waals surface area contributed by atoms with Gasteiger partial charge in [-0.25, -0.2) is 9.59 Å². The lowest BCUT2D eigenvalue weighted by molar-refractivity contribution is -0.157. The zero-order chi connectivity index (χ0) is 16.8. The molecule has 0 bridgehead atoms. The highest BCUT2D eigenvalue weighted by atomic mass is 16.6. The van der Waals surface area contributed by atoms with Crippen molar-refractivity contribution < 1.29 is 38.1 Å². The summed E-state index contributed by atoms with van der Waals surface area (Å²) in [6.07, 6.45) is 3.14. The first-order valence-corrected chi connectivity index (χ1v) is 6.94. The fourth-order valence-corrected chi connectivity index (χ4v) is 1.43. The lowest BCUT2D eigenvalue weighted by atomic mass is 10.1. The predicted molar refractivity (Wildman–Crippen MR) is 73.7 cm³/mol. The molecular weight excluding hydrogens is 296 g/mol. The van der Waals surface area contributed by atoms with Gasteiger partial charge in [-0.1, -0.05) is 12.8 Å². The van der Waals surface area contributed by atoms with Crippen LogP contribution in [0.25, 0.3) is 0 Å². The zero-order valence-electron chi connectivity index (χ0n) is 12.9. The molecule has 0 rings (SSSR count). The molecule has 0 N–H and O–H groups in total. The third-order valence-electron chi connectivity index (χ3n) is 2.67. The van der Waals surface area contributed by atoms with Gasteiger partial charge in [-0.3, -0.25) is 9.59 Å². The number of methoxy groups -OCH3 is 2. The first kappa shape index (κ1) is 19.9. The van der Waals surface area contributed by atoms with E-state index in [0.717, 1.165) is 12.8 Å². The van der Waals surface area contributed by atoms with Gasteiger partial charge >= 0.3 is 23.9 Å². The lowest BCUT2D eigenvalue weighted by Gasteiger charge is -2.04. The third-order valence-corrected chi connectivity index (χ3v) is 2.67. The summed E-state index contributed by atoms with van der Waals surface area (Å²) in [7, 11) is 2.43. The maximum absolute atomic E-state index is 11.2. The van der Waals surface area contributed by atoms with E-state index < -0.39 is 23.9 Å². The lowest BCUT2D eigenvalue weighted by Crippen LogP contribution is -2.15. The number of unbranched alkanes of at least 4 members (excludes halogenated alkanes) is 3. The number of ether oxygens (including phenoxy) is 4. The van der Waals surface area contributed by atoms with Crippen LogP contribution >= 0.6 is 0 Å². The van der Waals surface area contributed by atoms with Crippen LogP contribution in [-0.2, 0) is 38.1 Å². The van der Waals surface area contributed by atoms with Gasteiger partial charge in [-0.15, -0.1) is 0 Å². The van der Waals surface area contributed by atoms with Crippen LogP contribution in [0.2, 0.25) is 0 Å². The molecule has 0 amide bonds. The number of esters is 4. The Balaban J connectivity index is 3.46. The molecule has 126 valence electrons. The van der Waals surface area contributed by atoms with Crippen molar-refractivity contribution in [2.45, 2.75) is 38.5 Å². The molecule has 0 saturated carbocycles. The van der Waals surface area contributed by atoms with Crippen molar-refractivity contribution >= 4 is 23.9 Å². The summed E-state index contributed by atoms with van der Waals surface area (Å²) in [6, 6.07) is 0. The molecule has 0 radical (unpaired) electrons. The smallest absolute Gasteiger partial charge is 0.344 e. The normalized spacial score (nSPS) is 9.73. The van der Waals surface area contributed by atoms with E-state index in [-0.39, 0.29) is 26.1 Å². The van der Waals surface area contributed by atoms with Gasteiger partial charge in [0.1, 0.15) is 0 Å². The summed E-state index contributed by atoms with van der Waals surface area (Å²) in [6.45, 7) is -0.747. The molecule has 8 heteroatoms. The Morgan fingerprint density at radius 1 is 0.591 bits per heavy atom. The van der Waals surface area contributed by atoms with E-state index in [0.29, 0.717) is 12.8 Å². The average Bonchev–Trinajstić information content (AvgIpc) is 2.53. The average molecular weight is 318 g/mol. The molecule has 0 atom stereocenters. The monoisotopic (exact) mass is 318 g/mol. The first-order chi connectivity index (χ1) is 10.5. The van der Waals surface area contributed by atoms with E-state index in [1.54, 1.807) is 0 Å². The number of carbonyl (C=O) groups excluding carboxylic acids is 4. The first-order valence-electron chi connectivity index (χ1n) is 6.94. The van der Waals surface area contributed by atoms with E-state index in [4.69, 9.17) is 0 Å². The Labute approximate surface area is 129 Å². The number of hydrogen-bond acceptors (Lipinski definition) is 8. The molecule has 0 unspecified atom stereocenters. The second kappa shape index (κ2) is 12.6. The second-order valence-corrected chi connectivity index (χ2v) is 4.39. The zero-order valence-corrected chi connectivity index (χ0v) is 12.9. The van der Waals surface area contributed by atoms with Crippen molar-refractivity contribution in [2.24, 2.45) is 0 Å². The van der Waals surface area contributed by atoms with Gasteiger partial charge < -0.3 is 18.9 Å². The van der Waals surface area contributed by atoms with Gasteiger partial charge in [0.05, 0.1) is 14.2 Å². The number of rotatable bonds is 11. The van der Waals surface area contributed by atoms with Crippen LogP contribution in [0.1, 0.15) is 38.5 Å². The third kappa shape index (κ3) is 11.7. The van der Waals surface area contributed by atoms with Crippen molar-refractivity contribution in [1.82, 2.24) is 0 Å². The SMILES string of the molecule is COC(=O)COC(=O)CCCCCCC(=O)OCC(=O)OC. The molecule has 0 aromatic heterocycles. The molecule has 22 heavy (non-hydrogen) atoms. The molecule has 0 aliphatic heterocycles. The van der Waals surface area contributed by atoms with E-state index in [2.05, 4.69) is 18.9 Å². The second-order valence-electron chi connectivity index (χ2n) is 4.39. The van der Waals surface area contributed by atoms with Crippen molar-refractivity contribution in [3.05, 3.63) is 0 Å². The minimum atomic E-state index is -0.598. The Hall–Kier alpha value is -2.12. The minimum Gasteiger partial charge on any atom is -0.466 e. The highest BCUT2D eigenvalue weighted by Crippen LogP contribution is 2.07. The molecule has 0 fully saturated rings. The van der Waals surface area contributed by atoms with Crippen molar-refractivity contribution in [2.75, 3.05) is 27.4 Å². The largest absolute Gasteiger partial charge is 0.466 e. The van der Waals surface area contributed by atoms with Crippen molar-refractivity contribution in [3.63, 3.8) is 0 Å². The van der Waals surface area contributed by atoms with Crippen LogP contribution < -0.4 is 0 Å². The van der Waals surface area contributed by atoms with E-state index in [9.17, 15) is 19.2 Å². The molecule has 0 aromatic carbocycles. The maximum atomic E-state index is 11.2. The van der Waals surface area contributed by atoms with Crippen LogP contribution in [0.3, 0.4) is 0 Å². The fraction of sp³-hybridized carbons (Fsp3) is 0.714. The van der Waals surface area contributed by atoms with Gasteiger partial charge in [-0.05, 0) is 12.8 Å². The highest BCUT2D eigenvalue weighted by Gasteiger charge is 2.08. The van der Waals surface area contributed by atoms with E-state index in [1.807, 2.05) is 0 Å². The summed E-state index contributed by atoms with van der Waals surface area (Å²) < 4.78 is 18.0. The van der Waals surface area contributed by atoms with Crippen LogP contribution in [-0.4, -0.2) is 51.3 Å². The van der Waals surface area contributed by atoms with Gasteiger partial charge in [0.2, 0.25) is 0 Å². The molecule has 0 heterocycles. The summed E-state index contributed by atoms with van der Waals surface area (Å²) >= 11 is 0. The number of carbonyl (C=O) groups is 4. The maximum Gasteiger partial charge on any atom is 0.344 e. The highest BCUT2D eigenvalue weighted by molar-refractivity contribution is 5.76. The van der Waals surface area contributed by atoms with Crippen LogP contribution in [0, 0.1) is 0 Å². The summed E-state index contributed by atoms with van der Waals surface area (Å²) in [5.74, 6) is -2.11. The minimum absolute atomic E-state index is 0.212. The Morgan fingerprint density at radius 3 is 1.27 bits per heavy atom. The molecular formula is C14H22O8. The quantitative estimate of drug-likeness (QED) is 0.312. The standard InChI is InChI=1S/C14H22O8/c1-19-13(17)9-21-11(15)7-5-3-4-6-8-12(16)22-10-14(18)20-2/h3-10H2,1-2H3. The fourth-order valence-electron chi connectivity index (χ4n) is 1.43. The van der Waals surface area contributed by atoms with Gasteiger partial charge in [0.25, 0.3) is 0 Å². The van der Waals surface area contributed by atoms with Crippen LogP contribution in [0.4, 0.5) is 0 Å². The van der Waals surface area contributed by atoms with Crippen molar-refractivity contribution in [1.29, 1.82) is 0 Å². The van der Waals surface area contributed by atoms with E-state index >= 15 is 0 Å². The topological polar surface area (TPSA) is 105 Å². The van der Waals surface area contributed by atoms with Crippen LogP contribution in [0.5, 0.6) is 0 Å². The number of hydrogen-bond donors (Lipinski definition) is 0. The van der Waals surface area contributed by atoms with Gasteiger partial charge in [-0.2, -0.15) is 0 Å². The summed E-state index contributed by atoms with van der Waals surface area (Å²) in [4.78, 5) is 43.9. The Bertz CT molecular complexity index is 341. The Morgan fingerprint density at radius 2 is 0.955 bits per heavy atom. The van der Waals surface area contributed by atoms with Gasteiger partial charge in [0, 0.05) is 12.8 Å². The molecule has 0 saturated heterocycles. The molecule has 0 aliphatic carbocycles. The predicted octanol–water partition coefficient (Wildman–Crippen LogP) is 0.759. The Kier molecular flexibility index (Phi) is 11.4. The van der Waals surface area contributed by atoms with Gasteiger partial charge in [0.15, 0.2) is 13.2 Å². The van der Waals surface area contributed by atoms with E-state index in [1.165, 1.54) is 14.2 Å².